The van der Waals surface area contributed by atoms with Crippen LogP contribution in [0.1, 0.15) is 0 Å². The highest BCUT2D eigenvalue weighted by Gasteiger charge is 2.29. The smallest absolute Gasteiger partial charge is 0.206 e. The Morgan fingerprint density at radius 2 is 1.19 bits per heavy atom. The third-order valence-corrected chi connectivity index (χ3v) is 5.66. The summed E-state index contributed by atoms with van der Waals surface area (Å²) in [6.07, 6.45) is 3.94. The maximum atomic E-state index is 9.57. The van der Waals surface area contributed by atoms with E-state index in [9.17, 15) is 10.5 Å². The Morgan fingerprint density at radius 3 is 1.75 bits per heavy atom. The second-order valence-corrected chi connectivity index (χ2v) is 7.26. The van der Waals surface area contributed by atoms with Crippen LogP contribution < -0.4 is 15.5 Å². The van der Waals surface area contributed by atoms with Gasteiger partial charge in [0.15, 0.2) is 0 Å². The van der Waals surface area contributed by atoms with Crippen molar-refractivity contribution in [2.75, 3.05) is 7.11 Å². The van der Waals surface area contributed by atoms with Crippen molar-refractivity contribution in [3.05, 3.63) is 89.6 Å². The fraction of sp³-hybridized carbons (Fsp3) is 0.0370. The molecule has 3 aromatic rings. The summed E-state index contributed by atoms with van der Waals surface area (Å²) in [5.74, 6) is 0.684. The van der Waals surface area contributed by atoms with Crippen LogP contribution in [0.25, 0.3) is 44.2 Å². The Bertz CT molecular complexity index is 1610. The minimum Gasteiger partial charge on any atom is -0.497 e. The van der Waals surface area contributed by atoms with Gasteiger partial charge in [0.1, 0.15) is 5.75 Å². The molecule has 150 valence electrons. The summed E-state index contributed by atoms with van der Waals surface area (Å²) in [6.45, 7) is 0. The van der Waals surface area contributed by atoms with E-state index in [4.69, 9.17) is 4.74 Å². The van der Waals surface area contributed by atoms with E-state index in [1.165, 1.54) is 0 Å². The van der Waals surface area contributed by atoms with Crippen LogP contribution in [-0.2, 0) is 0 Å². The molecule has 0 amide bonds. The van der Waals surface area contributed by atoms with Crippen LogP contribution in [-0.4, -0.2) is 7.11 Å². The lowest BCUT2D eigenvalue weighted by Crippen LogP contribution is -2.07. The molecule has 0 unspecified atom stereocenters. The van der Waals surface area contributed by atoms with Gasteiger partial charge in [0.05, 0.1) is 17.8 Å². The van der Waals surface area contributed by atoms with E-state index in [2.05, 4.69) is 9.98 Å². The molecule has 0 N–H and O–H groups in total. The highest BCUT2D eigenvalue weighted by Crippen LogP contribution is 2.44. The zero-order valence-corrected chi connectivity index (χ0v) is 17.2. The van der Waals surface area contributed by atoms with Crippen LogP contribution in [0.4, 0.5) is 0 Å². The van der Waals surface area contributed by atoms with Crippen molar-refractivity contribution in [2.24, 2.45) is 9.98 Å². The normalized spacial score (nSPS) is 12.2. The van der Waals surface area contributed by atoms with Gasteiger partial charge in [-0.1, -0.05) is 60.7 Å². The van der Waals surface area contributed by atoms with Gasteiger partial charge in [-0.3, -0.25) is 0 Å². The van der Waals surface area contributed by atoms with Crippen molar-refractivity contribution in [3.8, 4) is 51.5 Å². The van der Waals surface area contributed by atoms with Crippen LogP contribution in [0.5, 0.6) is 5.75 Å². The topological polar surface area (TPSA) is 81.5 Å². The number of rotatable bonds is 3. The van der Waals surface area contributed by atoms with Crippen LogP contribution in [0.15, 0.2) is 88.8 Å². The van der Waals surface area contributed by atoms with Crippen molar-refractivity contribution < 1.29 is 4.74 Å². The predicted molar refractivity (Wildman–Crippen MR) is 123 cm³/mol. The van der Waals surface area contributed by atoms with Crippen LogP contribution >= 0.6 is 0 Å². The first-order valence-electron chi connectivity index (χ1n) is 10.0. The molecule has 2 aliphatic carbocycles. The molecule has 32 heavy (non-hydrogen) atoms. The van der Waals surface area contributed by atoms with Gasteiger partial charge in [-0.25, -0.2) is 0 Å². The van der Waals surface area contributed by atoms with Gasteiger partial charge in [-0.05, 0) is 34.7 Å². The van der Waals surface area contributed by atoms with Gasteiger partial charge in [-0.2, -0.15) is 20.5 Å². The SMILES string of the molecule is COc1ccc2c3c(-c4ccccc4)c(=NC#N)c(-c4ccccc4)c-3c(=NC#N)c2c1. The largest absolute Gasteiger partial charge is 0.497 e. The Hall–Kier alpha value is -4.74. The third kappa shape index (κ3) is 2.85. The number of fused-ring (bicyclic) bond motifs is 3. The number of hydrogen-bond acceptors (Lipinski definition) is 5. The molecule has 5 nitrogen and oxygen atoms in total. The summed E-state index contributed by atoms with van der Waals surface area (Å²) in [5, 5.41) is 22.0. The Balaban J connectivity index is 2.10. The third-order valence-electron chi connectivity index (χ3n) is 5.66. The monoisotopic (exact) mass is 412 g/mol. The molecule has 0 heterocycles. The Labute approximate surface area is 184 Å². The fourth-order valence-electron chi connectivity index (χ4n) is 4.42. The number of hydrogen-bond donors (Lipinski definition) is 0. The van der Waals surface area contributed by atoms with E-state index >= 15 is 0 Å². The minimum absolute atomic E-state index is 0.562. The number of nitrogens with zero attached hydrogens (tertiary/aromatic N) is 4. The van der Waals surface area contributed by atoms with Gasteiger partial charge in [-0.15, -0.1) is 0 Å². The molecule has 0 saturated heterocycles. The molecule has 0 fully saturated rings. The fourth-order valence-corrected chi connectivity index (χ4v) is 4.42. The first-order valence-corrected chi connectivity index (χ1v) is 10.0. The Morgan fingerprint density at radius 1 is 0.625 bits per heavy atom. The number of methoxy groups -OCH3 is 1. The van der Waals surface area contributed by atoms with E-state index in [-0.39, 0.29) is 0 Å². The summed E-state index contributed by atoms with van der Waals surface area (Å²) in [5.41, 5.74) is 5.25. The van der Waals surface area contributed by atoms with E-state index in [1.54, 1.807) is 7.11 Å². The second-order valence-electron chi connectivity index (χ2n) is 7.26. The molecular formula is C27H16N4O. The lowest BCUT2D eigenvalue weighted by atomic mass is 10.0. The summed E-state index contributed by atoms with van der Waals surface area (Å²) >= 11 is 0. The first kappa shape index (κ1) is 19.2. The molecule has 3 aromatic carbocycles. The zero-order valence-electron chi connectivity index (χ0n) is 17.2. The molecule has 0 aliphatic heterocycles. The number of ether oxygens (including phenoxy) is 1. The lowest BCUT2D eigenvalue weighted by molar-refractivity contribution is 0.415. The molecule has 0 spiro atoms. The van der Waals surface area contributed by atoms with Gasteiger partial charge in [0, 0.05) is 27.6 Å². The second kappa shape index (κ2) is 7.83. The van der Waals surface area contributed by atoms with Crippen molar-refractivity contribution in [1.29, 1.82) is 10.5 Å². The maximum absolute atomic E-state index is 9.57. The molecule has 0 atom stereocenters. The number of nitriles is 2. The van der Waals surface area contributed by atoms with Crippen LogP contribution in [0.2, 0.25) is 0 Å². The van der Waals surface area contributed by atoms with Gasteiger partial charge in [0.2, 0.25) is 12.4 Å². The average molecular weight is 412 g/mol. The molecule has 0 bridgehead atoms. The molecular weight excluding hydrogens is 396 g/mol. The Kier molecular flexibility index (Phi) is 4.71. The first-order chi connectivity index (χ1) is 15.8. The lowest BCUT2D eigenvalue weighted by Gasteiger charge is -2.03. The van der Waals surface area contributed by atoms with E-state index in [0.29, 0.717) is 16.5 Å². The average Bonchev–Trinajstić information content (AvgIpc) is 3.33. The maximum Gasteiger partial charge on any atom is 0.206 e. The summed E-state index contributed by atoms with van der Waals surface area (Å²) < 4.78 is 5.43. The highest BCUT2D eigenvalue weighted by atomic mass is 16.5. The van der Waals surface area contributed by atoms with Gasteiger partial charge in [0.25, 0.3) is 0 Å². The highest BCUT2D eigenvalue weighted by molar-refractivity contribution is 6.13. The van der Waals surface area contributed by atoms with E-state index in [1.807, 2.05) is 91.2 Å². The van der Waals surface area contributed by atoms with Gasteiger partial charge < -0.3 is 4.74 Å². The molecule has 5 rings (SSSR count). The quantitative estimate of drug-likeness (QED) is 0.394. The molecule has 5 heteroatoms. The van der Waals surface area contributed by atoms with Crippen molar-refractivity contribution >= 4 is 10.8 Å². The van der Waals surface area contributed by atoms with Gasteiger partial charge >= 0.3 is 0 Å². The summed E-state index contributed by atoms with van der Waals surface area (Å²) in [6, 6.07) is 25.4. The van der Waals surface area contributed by atoms with E-state index < -0.39 is 0 Å². The number of benzene rings is 3. The zero-order chi connectivity index (χ0) is 22.1. The standard InChI is InChI=1S/C27H16N4O/c1-32-19-12-13-20-21(14-19)26(30-15-28)25-23(18-10-6-3-7-11-18)27(31-16-29)22(24(20)25)17-8-4-2-5-9-17/h2-14H,1H3. The molecule has 2 aliphatic rings. The molecule has 0 saturated carbocycles. The van der Waals surface area contributed by atoms with Crippen molar-refractivity contribution in [2.45, 2.75) is 0 Å². The van der Waals surface area contributed by atoms with Crippen LogP contribution in [0, 0.1) is 22.9 Å². The van der Waals surface area contributed by atoms with Crippen molar-refractivity contribution in [3.63, 3.8) is 0 Å². The molecule has 0 aromatic heterocycles. The minimum atomic E-state index is 0.562. The molecule has 0 radical (unpaired) electrons. The van der Waals surface area contributed by atoms with E-state index in [0.717, 1.165) is 44.2 Å². The van der Waals surface area contributed by atoms with Crippen molar-refractivity contribution in [1.82, 2.24) is 0 Å². The summed E-state index contributed by atoms with van der Waals surface area (Å²) in [4.78, 5) is 8.49. The predicted octanol–water partition coefficient (Wildman–Crippen LogP) is 4.93. The summed E-state index contributed by atoms with van der Waals surface area (Å²) in [7, 11) is 1.61. The van der Waals surface area contributed by atoms with Crippen LogP contribution in [0.3, 0.4) is 0 Å².